The number of methoxy groups -OCH3 is 1. The predicted octanol–water partition coefficient (Wildman–Crippen LogP) is 2.55. The third-order valence-corrected chi connectivity index (χ3v) is 8.43. The van der Waals surface area contributed by atoms with Gasteiger partial charge in [-0.15, -0.1) is 11.3 Å². The third-order valence-electron chi connectivity index (χ3n) is 5.56. The van der Waals surface area contributed by atoms with Crippen molar-refractivity contribution in [2.24, 2.45) is 0 Å². The van der Waals surface area contributed by atoms with E-state index in [4.69, 9.17) is 4.74 Å². The van der Waals surface area contributed by atoms with Gasteiger partial charge in [0.05, 0.1) is 18.6 Å². The van der Waals surface area contributed by atoms with Crippen molar-refractivity contribution in [2.45, 2.75) is 24.4 Å². The number of hydrogen-bond donors (Lipinski definition) is 2. The lowest BCUT2D eigenvalue weighted by Crippen LogP contribution is -2.37. The zero-order chi connectivity index (χ0) is 24.1. The van der Waals surface area contributed by atoms with Gasteiger partial charge in [0.2, 0.25) is 15.9 Å². The number of nitrogens with one attached hydrogen (secondary N) is 2. The molecule has 4 rings (SSSR count). The Kier molecular flexibility index (Phi) is 7.30. The first-order valence-electron chi connectivity index (χ1n) is 10.7. The number of amides is 2. The first-order valence-corrected chi connectivity index (χ1v) is 13.0. The van der Waals surface area contributed by atoms with E-state index in [9.17, 15) is 18.0 Å². The normalized spacial score (nSPS) is 13.7. The van der Waals surface area contributed by atoms with Crippen LogP contribution in [0.2, 0.25) is 0 Å². The Morgan fingerprint density at radius 1 is 1.09 bits per heavy atom. The molecular weight excluding hydrogens is 474 g/mol. The Morgan fingerprint density at radius 3 is 2.65 bits per heavy atom. The molecule has 0 bridgehead atoms. The summed E-state index contributed by atoms with van der Waals surface area (Å²) in [6.07, 6.45) is 0.679. The maximum Gasteiger partial charge on any atom is 0.251 e. The van der Waals surface area contributed by atoms with Gasteiger partial charge in [0.25, 0.3) is 5.91 Å². The maximum atomic E-state index is 13.1. The van der Waals surface area contributed by atoms with Crippen molar-refractivity contribution in [1.82, 2.24) is 14.9 Å². The predicted molar refractivity (Wildman–Crippen MR) is 129 cm³/mol. The summed E-state index contributed by atoms with van der Waals surface area (Å²) in [4.78, 5) is 26.0. The molecule has 2 N–H and O–H groups in total. The molecule has 178 valence electrons. The van der Waals surface area contributed by atoms with Crippen LogP contribution >= 0.6 is 11.3 Å². The molecule has 1 aromatic heterocycles. The third kappa shape index (κ3) is 5.46. The average Bonchev–Trinajstić information content (AvgIpc) is 3.34. The minimum absolute atomic E-state index is 0.0581. The van der Waals surface area contributed by atoms with E-state index in [1.54, 1.807) is 30.6 Å². The fourth-order valence-corrected chi connectivity index (χ4v) is 6.00. The molecule has 0 saturated heterocycles. The van der Waals surface area contributed by atoms with Crippen molar-refractivity contribution < 1.29 is 22.7 Å². The summed E-state index contributed by atoms with van der Waals surface area (Å²) in [5.41, 5.74) is 2.09. The summed E-state index contributed by atoms with van der Waals surface area (Å²) in [5.74, 6) is -0.147. The van der Waals surface area contributed by atoms with Gasteiger partial charge in [-0.2, -0.15) is 4.31 Å². The Morgan fingerprint density at radius 2 is 1.88 bits per heavy atom. The molecule has 0 atom stereocenters. The highest BCUT2D eigenvalue weighted by molar-refractivity contribution is 7.89. The van der Waals surface area contributed by atoms with Gasteiger partial charge in [0.15, 0.2) is 0 Å². The molecule has 2 amide bonds. The lowest BCUT2D eigenvalue weighted by molar-refractivity contribution is -0.120. The molecular formula is C24H25N3O5S2. The molecule has 0 radical (unpaired) electrons. The van der Waals surface area contributed by atoms with Crippen LogP contribution in [0.15, 0.2) is 64.9 Å². The summed E-state index contributed by atoms with van der Waals surface area (Å²) in [5, 5.41) is 7.25. The quantitative estimate of drug-likeness (QED) is 0.496. The van der Waals surface area contributed by atoms with Crippen LogP contribution < -0.4 is 15.4 Å². The van der Waals surface area contributed by atoms with Crippen LogP contribution in [0.5, 0.6) is 5.75 Å². The van der Waals surface area contributed by atoms with E-state index in [1.165, 1.54) is 33.4 Å². The number of fused-ring (bicyclic) bond motifs is 1. The molecule has 2 heterocycles. The first-order chi connectivity index (χ1) is 16.4. The second-order valence-corrected chi connectivity index (χ2v) is 10.7. The van der Waals surface area contributed by atoms with E-state index in [0.717, 1.165) is 16.9 Å². The van der Waals surface area contributed by atoms with Crippen molar-refractivity contribution >= 4 is 33.2 Å². The summed E-state index contributed by atoms with van der Waals surface area (Å²) in [6.45, 7) is 0.819. The second-order valence-electron chi connectivity index (χ2n) is 7.79. The van der Waals surface area contributed by atoms with Gasteiger partial charge in [-0.3, -0.25) is 9.59 Å². The number of thiophene rings is 1. The van der Waals surface area contributed by atoms with Gasteiger partial charge >= 0.3 is 0 Å². The number of nitrogens with zero attached hydrogens (tertiary/aromatic N) is 1. The van der Waals surface area contributed by atoms with Crippen molar-refractivity contribution in [1.29, 1.82) is 0 Å². The SMILES string of the molecule is COc1ccc(CNC(=O)CNC(=O)c2cccc(S(=O)(=O)N3CCc4sccc4C3)c2)cc1. The molecule has 34 heavy (non-hydrogen) atoms. The van der Waals surface area contributed by atoms with Crippen molar-refractivity contribution in [3.63, 3.8) is 0 Å². The minimum Gasteiger partial charge on any atom is -0.497 e. The number of carbonyl (C=O) groups excluding carboxylic acids is 2. The Labute approximate surface area is 202 Å². The fourth-order valence-electron chi connectivity index (χ4n) is 3.64. The van der Waals surface area contributed by atoms with E-state index in [2.05, 4.69) is 10.6 Å². The standard InChI is InChI=1S/C24H25N3O5S2/c1-32-20-7-5-17(6-8-20)14-25-23(28)15-26-24(29)18-3-2-4-21(13-18)34(30,31)27-11-9-22-19(16-27)10-12-33-22/h2-8,10,12-13H,9,11,14-16H2,1H3,(H,25,28)(H,26,29). The van der Waals surface area contributed by atoms with E-state index >= 15 is 0 Å². The monoisotopic (exact) mass is 499 g/mol. The summed E-state index contributed by atoms with van der Waals surface area (Å²) in [6, 6.07) is 15.1. The summed E-state index contributed by atoms with van der Waals surface area (Å²) in [7, 11) is -2.16. The topological polar surface area (TPSA) is 105 Å². The summed E-state index contributed by atoms with van der Waals surface area (Å²) < 4.78 is 32.8. The number of sulfonamides is 1. The lowest BCUT2D eigenvalue weighted by Gasteiger charge is -2.26. The number of ether oxygens (including phenoxy) is 1. The summed E-state index contributed by atoms with van der Waals surface area (Å²) >= 11 is 1.64. The molecule has 0 fully saturated rings. The zero-order valence-corrected chi connectivity index (χ0v) is 20.2. The van der Waals surface area contributed by atoms with Gasteiger partial charge in [0, 0.05) is 30.1 Å². The first kappa shape index (κ1) is 23.9. The molecule has 10 heteroatoms. The molecule has 3 aromatic rings. The Balaban J connectivity index is 1.33. The minimum atomic E-state index is -3.74. The van der Waals surface area contributed by atoms with E-state index in [-0.39, 0.29) is 22.9 Å². The van der Waals surface area contributed by atoms with Crippen molar-refractivity contribution in [3.8, 4) is 5.75 Å². The Hall–Kier alpha value is -3.21. The highest BCUT2D eigenvalue weighted by Crippen LogP contribution is 2.28. The van der Waals surface area contributed by atoms with Crippen LogP contribution in [0.4, 0.5) is 0 Å². The molecule has 0 saturated carbocycles. The van der Waals surface area contributed by atoms with Crippen LogP contribution in [-0.4, -0.2) is 44.7 Å². The molecule has 8 nitrogen and oxygen atoms in total. The highest BCUT2D eigenvalue weighted by atomic mass is 32.2. The van der Waals surface area contributed by atoms with Crippen molar-refractivity contribution in [2.75, 3.05) is 20.2 Å². The second kappa shape index (κ2) is 10.4. The van der Waals surface area contributed by atoms with Crippen LogP contribution in [0, 0.1) is 0 Å². The zero-order valence-electron chi connectivity index (χ0n) is 18.6. The smallest absolute Gasteiger partial charge is 0.251 e. The number of carbonyl (C=O) groups is 2. The molecule has 2 aromatic carbocycles. The van der Waals surface area contributed by atoms with Gasteiger partial charge in [-0.1, -0.05) is 18.2 Å². The fraction of sp³-hybridized carbons (Fsp3) is 0.250. The molecule has 0 aliphatic carbocycles. The van der Waals surface area contributed by atoms with Crippen LogP contribution in [-0.2, 0) is 34.3 Å². The van der Waals surface area contributed by atoms with Crippen LogP contribution in [0.1, 0.15) is 26.4 Å². The molecule has 1 aliphatic rings. The van der Waals surface area contributed by atoms with E-state index in [0.29, 0.717) is 26.1 Å². The number of hydrogen-bond acceptors (Lipinski definition) is 6. The van der Waals surface area contributed by atoms with Crippen LogP contribution in [0.3, 0.4) is 0 Å². The van der Waals surface area contributed by atoms with Gasteiger partial charge in [0.1, 0.15) is 5.75 Å². The largest absolute Gasteiger partial charge is 0.497 e. The van der Waals surface area contributed by atoms with Crippen molar-refractivity contribution in [3.05, 3.63) is 81.5 Å². The molecule has 0 spiro atoms. The maximum absolute atomic E-state index is 13.1. The number of benzene rings is 2. The van der Waals surface area contributed by atoms with E-state index in [1.807, 2.05) is 23.6 Å². The molecule has 0 unspecified atom stereocenters. The highest BCUT2D eigenvalue weighted by Gasteiger charge is 2.29. The van der Waals surface area contributed by atoms with Crippen LogP contribution in [0.25, 0.3) is 0 Å². The lowest BCUT2D eigenvalue weighted by atomic mass is 10.1. The molecule has 1 aliphatic heterocycles. The van der Waals surface area contributed by atoms with Gasteiger partial charge < -0.3 is 15.4 Å². The van der Waals surface area contributed by atoms with Gasteiger partial charge in [-0.25, -0.2) is 8.42 Å². The Bertz CT molecular complexity index is 1290. The van der Waals surface area contributed by atoms with E-state index < -0.39 is 15.9 Å². The average molecular weight is 500 g/mol. The van der Waals surface area contributed by atoms with Gasteiger partial charge in [-0.05, 0) is 59.3 Å². The number of rotatable bonds is 8.